The Morgan fingerprint density at radius 2 is 2.33 bits per heavy atom. The van der Waals surface area contributed by atoms with E-state index >= 15 is 0 Å². The molecule has 2 aromatic rings. The Hall–Kier alpha value is -1.44. The third-order valence-electron chi connectivity index (χ3n) is 3.33. The summed E-state index contributed by atoms with van der Waals surface area (Å²) in [6, 6.07) is 5.19. The van der Waals surface area contributed by atoms with E-state index in [0.29, 0.717) is 15.9 Å². The third-order valence-corrected chi connectivity index (χ3v) is 6.51. The van der Waals surface area contributed by atoms with Gasteiger partial charge < -0.3 is 4.52 Å². The topological polar surface area (TPSA) is 63.4 Å². The molecule has 0 saturated heterocycles. The van der Waals surface area contributed by atoms with E-state index in [1.165, 1.54) is 15.6 Å². The van der Waals surface area contributed by atoms with Gasteiger partial charge in [0.1, 0.15) is 4.21 Å². The molecule has 0 bridgehead atoms. The first-order valence-corrected chi connectivity index (χ1v) is 9.03. The van der Waals surface area contributed by atoms with Crippen LogP contribution in [-0.2, 0) is 16.6 Å². The van der Waals surface area contributed by atoms with E-state index in [4.69, 9.17) is 4.52 Å². The van der Waals surface area contributed by atoms with E-state index in [2.05, 4.69) is 11.7 Å². The fourth-order valence-electron chi connectivity index (χ4n) is 2.08. The lowest BCUT2D eigenvalue weighted by atomic mass is 10.3. The van der Waals surface area contributed by atoms with Crippen LogP contribution in [0.15, 0.2) is 45.0 Å². The summed E-state index contributed by atoms with van der Waals surface area (Å²) in [6.45, 7) is 4.04. The number of sulfonamides is 1. The van der Waals surface area contributed by atoms with Gasteiger partial charge >= 0.3 is 0 Å². The summed E-state index contributed by atoms with van der Waals surface area (Å²) in [5.41, 5.74) is 0.928. The van der Waals surface area contributed by atoms with Gasteiger partial charge in [0.25, 0.3) is 10.0 Å². The Bertz CT molecular complexity index is 715. The van der Waals surface area contributed by atoms with Crippen molar-refractivity contribution >= 4 is 21.4 Å². The zero-order valence-corrected chi connectivity index (χ0v) is 13.1. The molecule has 1 aliphatic rings. The molecule has 0 unspecified atom stereocenters. The number of rotatable bonds is 7. The highest BCUT2D eigenvalue weighted by molar-refractivity contribution is 7.91. The standard InChI is InChI=1S/C14H16N2O3S2/c1-2-7-16(21(17,18)14-4-3-8-20-14)10-12-9-13(15-19-12)11-5-6-11/h2-4,8-9,11H,1,5-7,10H2. The van der Waals surface area contributed by atoms with Gasteiger partial charge in [0.2, 0.25) is 0 Å². The van der Waals surface area contributed by atoms with Crippen LogP contribution < -0.4 is 0 Å². The summed E-state index contributed by atoms with van der Waals surface area (Å²) >= 11 is 1.20. The molecule has 7 heteroatoms. The molecular weight excluding hydrogens is 308 g/mol. The van der Waals surface area contributed by atoms with Gasteiger partial charge in [-0.3, -0.25) is 0 Å². The van der Waals surface area contributed by atoms with Crippen LogP contribution in [-0.4, -0.2) is 24.4 Å². The van der Waals surface area contributed by atoms with Crippen LogP contribution in [0.3, 0.4) is 0 Å². The first-order valence-electron chi connectivity index (χ1n) is 6.71. The molecule has 0 N–H and O–H groups in total. The molecule has 1 aliphatic carbocycles. The second-order valence-electron chi connectivity index (χ2n) is 5.01. The largest absolute Gasteiger partial charge is 0.360 e. The number of hydrogen-bond acceptors (Lipinski definition) is 5. The molecule has 2 aromatic heterocycles. The zero-order valence-electron chi connectivity index (χ0n) is 11.4. The van der Waals surface area contributed by atoms with Gasteiger partial charge in [-0.1, -0.05) is 17.3 Å². The number of nitrogens with zero attached hydrogens (tertiary/aromatic N) is 2. The molecule has 1 fully saturated rings. The lowest BCUT2D eigenvalue weighted by molar-refractivity contribution is 0.331. The van der Waals surface area contributed by atoms with Crippen LogP contribution >= 0.6 is 11.3 Å². The average molecular weight is 324 g/mol. The maximum Gasteiger partial charge on any atom is 0.253 e. The summed E-state index contributed by atoms with van der Waals surface area (Å²) in [4.78, 5) is 0. The van der Waals surface area contributed by atoms with Crippen LogP contribution in [0.2, 0.25) is 0 Å². The van der Waals surface area contributed by atoms with Gasteiger partial charge in [0.05, 0.1) is 12.2 Å². The van der Waals surface area contributed by atoms with Crippen LogP contribution in [0.1, 0.15) is 30.2 Å². The first kappa shape index (κ1) is 14.5. The fourth-order valence-corrected chi connectivity index (χ4v) is 4.60. The second kappa shape index (κ2) is 5.75. The van der Waals surface area contributed by atoms with Gasteiger partial charge in [-0.25, -0.2) is 8.42 Å². The second-order valence-corrected chi connectivity index (χ2v) is 8.12. The Labute approximate surface area is 127 Å². The predicted octanol–water partition coefficient (Wildman–Crippen LogP) is 2.99. The third kappa shape index (κ3) is 3.09. The molecular formula is C14H16N2O3S2. The average Bonchev–Trinajstić information content (AvgIpc) is 2.98. The van der Waals surface area contributed by atoms with Gasteiger partial charge in [-0.15, -0.1) is 17.9 Å². The van der Waals surface area contributed by atoms with Crippen molar-refractivity contribution in [3.05, 3.63) is 47.7 Å². The highest BCUT2D eigenvalue weighted by atomic mass is 32.2. The van der Waals surface area contributed by atoms with Crippen molar-refractivity contribution in [2.45, 2.75) is 29.5 Å². The van der Waals surface area contributed by atoms with E-state index in [0.717, 1.165) is 18.5 Å². The molecule has 21 heavy (non-hydrogen) atoms. The molecule has 0 radical (unpaired) electrons. The normalized spacial score (nSPS) is 15.5. The highest BCUT2D eigenvalue weighted by Gasteiger charge is 2.29. The monoisotopic (exact) mass is 324 g/mol. The van der Waals surface area contributed by atoms with Crippen molar-refractivity contribution < 1.29 is 12.9 Å². The number of aromatic nitrogens is 1. The van der Waals surface area contributed by atoms with Crippen molar-refractivity contribution in [2.24, 2.45) is 0 Å². The molecule has 0 atom stereocenters. The quantitative estimate of drug-likeness (QED) is 0.735. The van der Waals surface area contributed by atoms with Crippen molar-refractivity contribution in [1.29, 1.82) is 0 Å². The maximum atomic E-state index is 12.6. The van der Waals surface area contributed by atoms with E-state index in [9.17, 15) is 8.42 Å². The molecule has 112 valence electrons. The predicted molar refractivity (Wildman–Crippen MR) is 80.6 cm³/mol. The molecule has 0 aromatic carbocycles. The van der Waals surface area contributed by atoms with Gasteiger partial charge in [-0.05, 0) is 24.3 Å². The van der Waals surface area contributed by atoms with Crippen LogP contribution in [0.25, 0.3) is 0 Å². The van der Waals surface area contributed by atoms with Gasteiger partial charge in [-0.2, -0.15) is 4.31 Å². The molecule has 0 spiro atoms. The lowest BCUT2D eigenvalue weighted by Crippen LogP contribution is -2.30. The minimum atomic E-state index is -3.52. The Kier molecular flexibility index (Phi) is 3.97. The smallest absolute Gasteiger partial charge is 0.253 e. The first-order chi connectivity index (χ1) is 10.1. The summed E-state index contributed by atoms with van der Waals surface area (Å²) < 4.78 is 32.1. The summed E-state index contributed by atoms with van der Waals surface area (Å²) in [7, 11) is -3.52. The number of hydrogen-bond donors (Lipinski definition) is 0. The minimum absolute atomic E-state index is 0.173. The van der Waals surface area contributed by atoms with E-state index in [-0.39, 0.29) is 13.1 Å². The minimum Gasteiger partial charge on any atom is -0.360 e. The fraction of sp³-hybridized carbons (Fsp3) is 0.357. The van der Waals surface area contributed by atoms with Gasteiger partial charge in [0.15, 0.2) is 5.76 Å². The molecule has 3 rings (SSSR count). The lowest BCUT2D eigenvalue weighted by Gasteiger charge is -2.18. The molecule has 0 aliphatic heterocycles. The number of thiophene rings is 1. The molecule has 2 heterocycles. The van der Waals surface area contributed by atoms with Crippen molar-refractivity contribution in [3.8, 4) is 0 Å². The van der Waals surface area contributed by atoms with E-state index < -0.39 is 10.0 Å². The summed E-state index contributed by atoms with van der Waals surface area (Å²) in [5, 5.41) is 5.77. The Morgan fingerprint density at radius 1 is 1.52 bits per heavy atom. The van der Waals surface area contributed by atoms with Crippen LogP contribution in [0, 0.1) is 0 Å². The zero-order chi connectivity index (χ0) is 14.9. The van der Waals surface area contributed by atoms with Gasteiger partial charge in [0, 0.05) is 18.5 Å². The summed E-state index contributed by atoms with van der Waals surface area (Å²) in [5.74, 6) is 1.06. The SMILES string of the molecule is C=CCN(Cc1cc(C2CC2)no1)S(=O)(=O)c1cccs1. The molecule has 5 nitrogen and oxygen atoms in total. The van der Waals surface area contributed by atoms with Crippen molar-refractivity contribution in [2.75, 3.05) is 6.54 Å². The van der Waals surface area contributed by atoms with E-state index in [1.807, 2.05) is 6.07 Å². The van der Waals surface area contributed by atoms with Crippen molar-refractivity contribution in [3.63, 3.8) is 0 Å². The van der Waals surface area contributed by atoms with E-state index in [1.54, 1.807) is 23.6 Å². The Balaban J connectivity index is 1.81. The molecule has 0 amide bonds. The van der Waals surface area contributed by atoms with Crippen LogP contribution in [0.5, 0.6) is 0 Å². The van der Waals surface area contributed by atoms with Crippen LogP contribution in [0.4, 0.5) is 0 Å². The highest BCUT2D eigenvalue weighted by Crippen LogP contribution is 2.39. The summed E-state index contributed by atoms with van der Waals surface area (Å²) in [6.07, 6.45) is 3.84. The maximum absolute atomic E-state index is 12.6. The van der Waals surface area contributed by atoms with Crippen molar-refractivity contribution in [1.82, 2.24) is 9.46 Å². The molecule has 1 saturated carbocycles. The Morgan fingerprint density at radius 3 is 2.95 bits per heavy atom.